The molecule has 0 aliphatic carbocycles. The van der Waals surface area contributed by atoms with Crippen molar-refractivity contribution in [2.45, 2.75) is 40.3 Å². The average molecular weight is 319 g/mol. The fraction of sp³-hybridized carbons (Fsp3) is 0.389. The molecule has 0 aliphatic rings. The molecule has 22 heavy (non-hydrogen) atoms. The van der Waals surface area contributed by atoms with Gasteiger partial charge in [0.1, 0.15) is 0 Å². The minimum Gasteiger partial charge on any atom is -0.346 e. The summed E-state index contributed by atoms with van der Waals surface area (Å²) < 4.78 is 2.19. The summed E-state index contributed by atoms with van der Waals surface area (Å²) in [5.74, 6) is 0.0277. The lowest BCUT2D eigenvalue weighted by atomic mass is 10.2. The normalized spacial score (nSPS) is 11.0. The van der Waals surface area contributed by atoms with Crippen molar-refractivity contribution in [3.63, 3.8) is 0 Å². The van der Waals surface area contributed by atoms with Gasteiger partial charge < -0.3 is 9.47 Å². The number of aryl methyl sites for hydroxylation is 1. The van der Waals surface area contributed by atoms with E-state index in [-0.39, 0.29) is 5.91 Å². The van der Waals surface area contributed by atoms with Gasteiger partial charge in [-0.2, -0.15) is 0 Å². The number of halogens is 1. The summed E-state index contributed by atoms with van der Waals surface area (Å²) in [5.41, 5.74) is 3.85. The van der Waals surface area contributed by atoms with Crippen LogP contribution in [0.2, 0.25) is 5.02 Å². The van der Waals surface area contributed by atoms with Crippen molar-refractivity contribution in [2.24, 2.45) is 0 Å². The van der Waals surface area contributed by atoms with E-state index in [0.717, 1.165) is 22.5 Å². The molecule has 0 atom stereocenters. The Labute approximate surface area is 137 Å². The smallest absolute Gasteiger partial charge is 0.255 e. The predicted octanol–water partition coefficient (Wildman–Crippen LogP) is 4.61. The van der Waals surface area contributed by atoms with Crippen molar-refractivity contribution in [3.05, 3.63) is 57.9 Å². The monoisotopic (exact) mass is 318 g/mol. The number of aromatic nitrogens is 1. The number of hydrogen-bond acceptors (Lipinski definition) is 1. The minimum atomic E-state index is 0.0277. The standard InChI is InChI=1S/C18H23ClN2O/c1-12(2)21-13(3)10-16(14(21)4)18(22)20(5)11-15-8-6-7-9-17(15)19/h6-10,12H,11H2,1-5H3. The van der Waals surface area contributed by atoms with E-state index < -0.39 is 0 Å². The summed E-state index contributed by atoms with van der Waals surface area (Å²) >= 11 is 6.18. The Kier molecular flexibility index (Phi) is 4.97. The number of carbonyl (C=O) groups is 1. The molecule has 1 aromatic carbocycles. The van der Waals surface area contributed by atoms with Gasteiger partial charge in [0.25, 0.3) is 5.91 Å². The molecule has 1 aromatic heterocycles. The van der Waals surface area contributed by atoms with Crippen molar-refractivity contribution in [2.75, 3.05) is 7.05 Å². The molecular weight excluding hydrogens is 296 g/mol. The molecule has 0 bridgehead atoms. The first kappa shape index (κ1) is 16.6. The van der Waals surface area contributed by atoms with Gasteiger partial charge in [0.2, 0.25) is 0 Å². The summed E-state index contributed by atoms with van der Waals surface area (Å²) in [7, 11) is 1.81. The molecule has 3 nitrogen and oxygen atoms in total. The van der Waals surface area contributed by atoms with Crippen LogP contribution < -0.4 is 0 Å². The summed E-state index contributed by atoms with van der Waals surface area (Å²) in [6.45, 7) is 8.80. The first-order valence-electron chi connectivity index (χ1n) is 7.50. The Hall–Kier alpha value is -1.74. The molecule has 0 aliphatic heterocycles. The Morgan fingerprint density at radius 1 is 1.27 bits per heavy atom. The molecular formula is C18H23ClN2O. The zero-order chi connectivity index (χ0) is 16.4. The third-order valence-corrected chi connectivity index (χ3v) is 4.31. The van der Waals surface area contributed by atoms with E-state index in [1.54, 1.807) is 4.90 Å². The van der Waals surface area contributed by atoms with Gasteiger partial charge in [0, 0.05) is 36.0 Å². The number of benzene rings is 1. The SMILES string of the molecule is Cc1cc(C(=O)N(C)Cc2ccccc2Cl)c(C)n1C(C)C. The van der Waals surface area contributed by atoms with Crippen LogP contribution in [0.15, 0.2) is 30.3 Å². The third kappa shape index (κ3) is 3.20. The first-order chi connectivity index (χ1) is 10.3. The van der Waals surface area contributed by atoms with E-state index in [9.17, 15) is 4.79 Å². The molecule has 2 rings (SSSR count). The highest BCUT2D eigenvalue weighted by Crippen LogP contribution is 2.23. The van der Waals surface area contributed by atoms with Gasteiger partial charge in [-0.3, -0.25) is 4.79 Å². The minimum absolute atomic E-state index is 0.0277. The maximum absolute atomic E-state index is 12.7. The van der Waals surface area contributed by atoms with Crippen LogP contribution in [0.1, 0.15) is 47.2 Å². The summed E-state index contributed by atoms with van der Waals surface area (Å²) in [4.78, 5) is 14.5. The van der Waals surface area contributed by atoms with E-state index in [4.69, 9.17) is 11.6 Å². The van der Waals surface area contributed by atoms with E-state index >= 15 is 0 Å². The van der Waals surface area contributed by atoms with Crippen LogP contribution in [0.25, 0.3) is 0 Å². The molecule has 4 heteroatoms. The molecule has 118 valence electrons. The molecule has 0 fully saturated rings. The highest BCUT2D eigenvalue weighted by atomic mass is 35.5. The van der Waals surface area contributed by atoms with Gasteiger partial charge in [-0.05, 0) is 45.4 Å². The van der Waals surface area contributed by atoms with Crippen LogP contribution in [0, 0.1) is 13.8 Å². The Bertz CT molecular complexity index is 688. The summed E-state index contributed by atoms with van der Waals surface area (Å²) in [6, 6.07) is 9.94. The third-order valence-electron chi connectivity index (χ3n) is 3.94. The van der Waals surface area contributed by atoms with Gasteiger partial charge in [0.05, 0.1) is 5.56 Å². The van der Waals surface area contributed by atoms with Crippen LogP contribution in [0.3, 0.4) is 0 Å². The van der Waals surface area contributed by atoms with Crippen molar-refractivity contribution < 1.29 is 4.79 Å². The fourth-order valence-electron chi connectivity index (χ4n) is 2.95. The van der Waals surface area contributed by atoms with Gasteiger partial charge in [-0.1, -0.05) is 29.8 Å². The van der Waals surface area contributed by atoms with Crippen LogP contribution in [0.4, 0.5) is 0 Å². The molecule has 0 unspecified atom stereocenters. The molecule has 0 saturated heterocycles. The van der Waals surface area contributed by atoms with Gasteiger partial charge >= 0.3 is 0 Å². The van der Waals surface area contributed by atoms with Gasteiger partial charge in [-0.15, -0.1) is 0 Å². The van der Waals surface area contributed by atoms with Crippen LogP contribution >= 0.6 is 11.6 Å². The van der Waals surface area contributed by atoms with E-state index in [1.165, 1.54) is 0 Å². The zero-order valence-electron chi connectivity index (χ0n) is 13.9. The lowest BCUT2D eigenvalue weighted by Crippen LogP contribution is -2.26. The van der Waals surface area contributed by atoms with Gasteiger partial charge in [-0.25, -0.2) is 0 Å². The number of hydrogen-bond donors (Lipinski definition) is 0. The fourth-order valence-corrected chi connectivity index (χ4v) is 3.14. The van der Waals surface area contributed by atoms with Crippen LogP contribution in [0.5, 0.6) is 0 Å². The summed E-state index contributed by atoms with van der Waals surface area (Å²) in [5, 5.41) is 0.690. The predicted molar refractivity (Wildman–Crippen MR) is 91.5 cm³/mol. The van der Waals surface area contributed by atoms with Gasteiger partial charge in [0.15, 0.2) is 0 Å². The molecule has 1 amide bonds. The largest absolute Gasteiger partial charge is 0.346 e. The number of nitrogens with zero attached hydrogens (tertiary/aromatic N) is 2. The molecule has 0 radical (unpaired) electrons. The zero-order valence-corrected chi connectivity index (χ0v) is 14.6. The van der Waals surface area contributed by atoms with E-state index in [1.807, 2.05) is 51.2 Å². The molecule has 1 heterocycles. The van der Waals surface area contributed by atoms with Crippen molar-refractivity contribution >= 4 is 17.5 Å². The maximum atomic E-state index is 12.7. The first-order valence-corrected chi connectivity index (χ1v) is 7.88. The second-order valence-electron chi connectivity index (χ2n) is 6.00. The van der Waals surface area contributed by atoms with Crippen molar-refractivity contribution in [1.29, 1.82) is 0 Å². The quantitative estimate of drug-likeness (QED) is 0.808. The second kappa shape index (κ2) is 6.57. The Morgan fingerprint density at radius 3 is 2.45 bits per heavy atom. The Balaban J connectivity index is 2.25. The molecule has 0 saturated carbocycles. The number of rotatable bonds is 4. The molecule has 2 aromatic rings. The lowest BCUT2D eigenvalue weighted by molar-refractivity contribution is 0.0784. The number of carbonyl (C=O) groups excluding carboxylic acids is 1. The number of amides is 1. The Morgan fingerprint density at radius 2 is 1.91 bits per heavy atom. The lowest BCUT2D eigenvalue weighted by Gasteiger charge is -2.19. The highest BCUT2D eigenvalue weighted by molar-refractivity contribution is 6.31. The van der Waals surface area contributed by atoms with E-state index in [2.05, 4.69) is 18.4 Å². The maximum Gasteiger partial charge on any atom is 0.255 e. The molecule has 0 spiro atoms. The van der Waals surface area contributed by atoms with Crippen molar-refractivity contribution in [3.8, 4) is 0 Å². The van der Waals surface area contributed by atoms with E-state index in [0.29, 0.717) is 17.6 Å². The van der Waals surface area contributed by atoms with Crippen molar-refractivity contribution in [1.82, 2.24) is 9.47 Å². The summed E-state index contributed by atoms with van der Waals surface area (Å²) in [6.07, 6.45) is 0. The topological polar surface area (TPSA) is 25.2 Å². The highest BCUT2D eigenvalue weighted by Gasteiger charge is 2.20. The van der Waals surface area contributed by atoms with Crippen LogP contribution in [-0.4, -0.2) is 22.4 Å². The van der Waals surface area contributed by atoms with Crippen LogP contribution in [-0.2, 0) is 6.54 Å². The average Bonchev–Trinajstić information content (AvgIpc) is 2.75. The second-order valence-corrected chi connectivity index (χ2v) is 6.41. The molecule has 0 N–H and O–H groups in total.